The van der Waals surface area contributed by atoms with E-state index in [1.807, 2.05) is 0 Å². The molecule has 1 fully saturated rings. The predicted octanol–water partition coefficient (Wildman–Crippen LogP) is 2.62. The van der Waals surface area contributed by atoms with Gasteiger partial charge in [-0.1, -0.05) is 0 Å². The van der Waals surface area contributed by atoms with Crippen molar-refractivity contribution in [3.05, 3.63) is 23.3 Å². The highest BCUT2D eigenvalue weighted by Gasteiger charge is 2.42. The number of ether oxygens (including phenoxy) is 2. The Kier molecular flexibility index (Phi) is 4.27. The molecular formula is C13H16F2N2O3. The van der Waals surface area contributed by atoms with Gasteiger partial charge in [0, 0.05) is 13.3 Å². The monoisotopic (exact) mass is 286 g/mol. The normalized spacial score (nSPS) is 16.9. The van der Waals surface area contributed by atoms with E-state index in [4.69, 9.17) is 9.47 Å². The van der Waals surface area contributed by atoms with E-state index >= 15 is 0 Å². The lowest BCUT2D eigenvalue weighted by Gasteiger charge is -2.38. The largest absolute Gasteiger partial charge is 0.462 e. The Labute approximate surface area is 115 Å². The van der Waals surface area contributed by atoms with Crippen LogP contribution in [-0.2, 0) is 15.1 Å². The molecule has 0 aromatic carbocycles. The summed E-state index contributed by atoms with van der Waals surface area (Å²) in [4.78, 5) is 19.5. The lowest BCUT2D eigenvalue weighted by atomic mass is 9.79. The standard InChI is InChI=1S/C13H16F2N2O3/c1-3-20-11(18)8-7-16-12(17-9(8)10(14)15)13(19-2)5-4-6-13/h7,10H,3-6H2,1-2H3. The highest BCUT2D eigenvalue weighted by Crippen LogP contribution is 2.43. The summed E-state index contributed by atoms with van der Waals surface area (Å²) in [6.07, 6.45) is 0.530. The van der Waals surface area contributed by atoms with Crippen LogP contribution in [0.5, 0.6) is 0 Å². The molecule has 1 heterocycles. The van der Waals surface area contributed by atoms with E-state index in [-0.39, 0.29) is 18.0 Å². The van der Waals surface area contributed by atoms with Gasteiger partial charge in [-0.25, -0.2) is 23.5 Å². The van der Waals surface area contributed by atoms with Gasteiger partial charge in [0.15, 0.2) is 5.82 Å². The van der Waals surface area contributed by atoms with Crippen LogP contribution in [0.4, 0.5) is 8.78 Å². The van der Waals surface area contributed by atoms with Crippen LogP contribution in [0.2, 0.25) is 0 Å². The summed E-state index contributed by atoms with van der Waals surface area (Å²) >= 11 is 0. The molecule has 2 rings (SSSR count). The van der Waals surface area contributed by atoms with Crippen LogP contribution in [0.1, 0.15) is 54.5 Å². The fourth-order valence-corrected chi connectivity index (χ4v) is 2.16. The number of rotatable bonds is 5. The molecule has 1 aliphatic carbocycles. The Morgan fingerprint density at radius 1 is 1.50 bits per heavy atom. The summed E-state index contributed by atoms with van der Waals surface area (Å²) in [6.45, 7) is 1.70. The van der Waals surface area contributed by atoms with Crippen LogP contribution < -0.4 is 0 Å². The van der Waals surface area contributed by atoms with Crippen LogP contribution in [0.15, 0.2) is 6.20 Å². The maximum Gasteiger partial charge on any atom is 0.341 e. The third-order valence-corrected chi connectivity index (χ3v) is 3.48. The van der Waals surface area contributed by atoms with E-state index in [1.54, 1.807) is 6.92 Å². The second-order valence-electron chi connectivity index (χ2n) is 4.57. The summed E-state index contributed by atoms with van der Waals surface area (Å²) in [5.74, 6) is -0.635. The Balaban J connectivity index is 2.40. The average Bonchev–Trinajstić information content (AvgIpc) is 2.38. The first-order valence-corrected chi connectivity index (χ1v) is 6.42. The second kappa shape index (κ2) is 5.78. The van der Waals surface area contributed by atoms with Gasteiger partial charge in [0.25, 0.3) is 6.43 Å². The van der Waals surface area contributed by atoms with Gasteiger partial charge >= 0.3 is 5.97 Å². The molecule has 0 radical (unpaired) electrons. The number of alkyl halides is 2. The first kappa shape index (κ1) is 14.8. The highest BCUT2D eigenvalue weighted by molar-refractivity contribution is 5.90. The summed E-state index contributed by atoms with van der Waals surface area (Å²) < 4.78 is 36.3. The Bertz CT molecular complexity index is 499. The van der Waals surface area contributed by atoms with Crippen molar-refractivity contribution in [2.75, 3.05) is 13.7 Å². The van der Waals surface area contributed by atoms with Gasteiger partial charge < -0.3 is 9.47 Å². The SMILES string of the molecule is CCOC(=O)c1cnc(C2(OC)CCC2)nc1C(F)F. The van der Waals surface area contributed by atoms with Crippen molar-refractivity contribution in [1.82, 2.24) is 9.97 Å². The fourth-order valence-electron chi connectivity index (χ4n) is 2.16. The van der Waals surface area contributed by atoms with Crippen LogP contribution in [0, 0.1) is 0 Å². The Hall–Kier alpha value is -1.63. The molecular weight excluding hydrogens is 270 g/mol. The maximum absolute atomic E-state index is 13.1. The minimum Gasteiger partial charge on any atom is -0.462 e. The Morgan fingerprint density at radius 3 is 2.65 bits per heavy atom. The van der Waals surface area contributed by atoms with Gasteiger partial charge in [-0.2, -0.15) is 0 Å². The van der Waals surface area contributed by atoms with E-state index in [0.717, 1.165) is 12.6 Å². The predicted molar refractivity (Wildman–Crippen MR) is 65.5 cm³/mol. The van der Waals surface area contributed by atoms with Crippen molar-refractivity contribution in [2.24, 2.45) is 0 Å². The summed E-state index contributed by atoms with van der Waals surface area (Å²) in [5.41, 5.74) is -1.59. The molecule has 1 aliphatic rings. The van der Waals surface area contributed by atoms with Crippen molar-refractivity contribution in [3.63, 3.8) is 0 Å². The summed E-state index contributed by atoms with van der Waals surface area (Å²) in [6, 6.07) is 0. The van der Waals surface area contributed by atoms with E-state index in [2.05, 4.69) is 9.97 Å². The Morgan fingerprint density at radius 2 is 2.20 bits per heavy atom. The molecule has 0 aliphatic heterocycles. The molecule has 1 aromatic heterocycles. The van der Waals surface area contributed by atoms with E-state index in [1.165, 1.54) is 7.11 Å². The smallest absolute Gasteiger partial charge is 0.341 e. The van der Waals surface area contributed by atoms with Gasteiger partial charge in [-0.3, -0.25) is 0 Å². The van der Waals surface area contributed by atoms with E-state index < -0.39 is 23.7 Å². The molecule has 0 amide bonds. The van der Waals surface area contributed by atoms with Gasteiger partial charge in [0.2, 0.25) is 0 Å². The number of carbonyl (C=O) groups excluding carboxylic acids is 1. The molecule has 0 spiro atoms. The van der Waals surface area contributed by atoms with E-state index in [9.17, 15) is 13.6 Å². The van der Waals surface area contributed by atoms with Crippen molar-refractivity contribution in [1.29, 1.82) is 0 Å². The zero-order chi connectivity index (χ0) is 14.8. The van der Waals surface area contributed by atoms with Gasteiger partial charge in [0.1, 0.15) is 16.9 Å². The number of halogens is 2. The molecule has 5 nitrogen and oxygen atoms in total. The van der Waals surface area contributed by atoms with Gasteiger partial charge in [0.05, 0.1) is 6.61 Å². The lowest BCUT2D eigenvalue weighted by molar-refractivity contribution is -0.0851. The quantitative estimate of drug-likeness (QED) is 0.779. The number of methoxy groups -OCH3 is 1. The zero-order valence-electron chi connectivity index (χ0n) is 11.4. The average molecular weight is 286 g/mol. The second-order valence-corrected chi connectivity index (χ2v) is 4.57. The molecule has 1 aromatic rings. The minimum atomic E-state index is -2.87. The first-order valence-electron chi connectivity index (χ1n) is 6.42. The molecule has 0 atom stereocenters. The van der Waals surface area contributed by atoms with Crippen LogP contribution in [0.25, 0.3) is 0 Å². The molecule has 0 unspecified atom stereocenters. The molecule has 0 bridgehead atoms. The molecule has 1 saturated carbocycles. The molecule has 0 saturated heterocycles. The minimum absolute atomic E-state index is 0.102. The zero-order valence-corrected chi connectivity index (χ0v) is 11.4. The first-order chi connectivity index (χ1) is 9.54. The number of hydrogen-bond acceptors (Lipinski definition) is 5. The maximum atomic E-state index is 13.1. The van der Waals surface area contributed by atoms with Crippen molar-refractivity contribution in [3.8, 4) is 0 Å². The highest BCUT2D eigenvalue weighted by atomic mass is 19.3. The molecule has 20 heavy (non-hydrogen) atoms. The third kappa shape index (κ3) is 2.49. The molecule has 7 heteroatoms. The topological polar surface area (TPSA) is 61.3 Å². The molecule has 0 N–H and O–H groups in total. The van der Waals surface area contributed by atoms with Crippen molar-refractivity contribution >= 4 is 5.97 Å². The van der Waals surface area contributed by atoms with Crippen LogP contribution >= 0.6 is 0 Å². The van der Waals surface area contributed by atoms with E-state index in [0.29, 0.717) is 12.8 Å². The van der Waals surface area contributed by atoms with Crippen LogP contribution in [-0.4, -0.2) is 29.7 Å². The van der Waals surface area contributed by atoms with Crippen LogP contribution in [0.3, 0.4) is 0 Å². The number of hydrogen-bond donors (Lipinski definition) is 0. The number of carbonyl (C=O) groups is 1. The van der Waals surface area contributed by atoms with Gasteiger partial charge in [-0.15, -0.1) is 0 Å². The van der Waals surface area contributed by atoms with Gasteiger partial charge in [-0.05, 0) is 26.2 Å². The molecule has 110 valence electrons. The number of aromatic nitrogens is 2. The summed E-state index contributed by atoms with van der Waals surface area (Å²) in [7, 11) is 1.50. The summed E-state index contributed by atoms with van der Waals surface area (Å²) in [5, 5.41) is 0. The van der Waals surface area contributed by atoms with Crippen molar-refractivity contribution < 1.29 is 23.0 Å². The lowest BCUT2D eigenvalue weighted by Crippen LogP contribution is -2.38. The third-order valence-electron chi connectivity index (χ3n) is 3.48. The van der Waals surface area contributed by atoms with Crippen molar-refractivity contribution in [2.45, 2.75) is 38.2 Å². The fraction of sp³-hybridized carbons (Fsp3) is 0.615. The number of nitrogens with zero attached hydrogens (tertiary/aromatic N) is 2. The number of esters is 1.